The van der Waals surface area contributed by atoms with E-state index in [1.54, 1.807) is 0 Å². The molecule has 0 saturated carbocycles. The maximum absolute atomic E-state index is 12.0. The molecule has 0 aromatic heterocycles. The van der Waals surface area contributed by atoms with Crippen LogP contribution in [-0.4, -0.2) is 31.7 Å². The van der Waals surface area contributed by atoms with Gasteiger partial charge in [-0.1, -0.05) is 0 Å². The van der Waals surface area contributed by atoms with Crippen molar-refractivity contribution in [3.63, 3.8) is 0 Å². The van der Waals surface area contributed by atoms with Crippen molar-refractivity contribution >= 4 is 0 Å². The Hall–Kier alpha value is -0.110. The summed E-state index contributed by atoms with van der Waals surface area (Å²) in [7, 11) is 2.09. The smallest absolute Gasteiger partial charge is 0.0923 e. The number of alkyl halides is 1. The third-order valence-corrected chi connectivity index (χ3v) is 2.06. The molecule has 54 valence electrons. The van der Waals surface area contributed by atoms with Crippen LogP contribution in [0.15, 0.2) is 0 Å². The molecule has 2 heteroatoms. The van der Waals surface area contributed by atoms with Crippen molar-refractivity contribution in [3.05, 3.63) is 0 Å². The van der Waals surface area contributed by atoms with Gasteiger partial charge in [0, 0.05) is 0 Å². The molecule has 9 heavy (non-hydrogen) atoms. The van der Waals surface area contributed by atoms with Crippen LogP contribution in [0, 0.1) is 5.92 Å². The van der Waals surface area contributed by atoms with Gasteiger partial charge in [0.05, 0.1) is 6.67 Å². The Morgan fingerprint density at radius 1 is 1.44 bits per heavy atom. The molecule has 1 nitrogen and oxygen atoms in total. The lowest BCUT2D eigenvalue weighted by Crippen LogP contribution is -2.30. The van der Waals surface area contributed by atoms with Crippen molar-refractivity contribution in [2.75, 3.05) is 26.8 Å². The van der Waals surface area contributed by atoms with Gasteiger partial charge in [-0.3, -0.25) is 4.39 Å². The average Bonchev–Trinajstić information content (AvgIpc) is 1.90. The van der Waals surface area contributed by atoms with Gasteiger partial charge in [-0.05, 0) is 38.9 Å². The molecule has 0 aromatic rings. The lowest BCUT2D eigenvalue weighted by Gasteiger charge is -2.26. The molecule has 0 unspecified atom stereocenters. The zero-order valence-corrected chi connectivity index (χ0v) is 5.94. The molecule has 0 radical (unpaired) electrons. The number of nitrogens with zero attached hydrogens (tertiary/aromatic N) is 1. The summed E-state index contributed by atoms with van der Waals surface area (Å²) < 4.78 is 12.0. The Morgan fingerprint density at radius 3 is 2.44 bits per heavy atom. The molecule has 1 aliphatic heterocycles. The van der Waals surface area contributed by atoms with E-state index in [2.05, 4.69) is 11.9 Å². The van der Waals surface area contributed by atoms with E-state index >= 15 is 0 Å². The normalized spacial score (nSPS) is 24.7. The number of halogens is 1. The van der Waals surface area contributed by atoms with Gasteiger partial charge in [-0.15, -0.1) is 0 Å². The summed E-state index contributed by atoms with van der Waals surface area (Å²) in [5, 5.41) is 0. The Labute approximate surface area is 55.8 Å². The Morgan fingerprint density at radius 2 is 2.00 bits per heavy atom. The lowest BCUT2D eigenvalue weighted by atomic mass is 9.99. The first kappa shape index (κ1) is 7.00. The van der Waals surface area contributed by atoms with Crippen molar-refractivity contribution in [2.45, 2.75) is 12.8 Å². The van der Waals surface area contributed by atoms with E-state index in [0.717, 1.165) is 25.9 Å². The molecular weight excluding hydrogens is 117 g/mol. The van der Waals surface area contributed by atoms with Gasteiger partial charge in [0.2, 0.25) is 0 Å². The van der Waals surface area contributed by atoms with Crippen molar-refractivity contribution in [2.24, 2.45) is 5.92 Å². The van der Waals surface area contributed by atoms with E-state index < -0.39 is 0 Å². The molecule has 0 atom stereocenters. The van der Waals surface area contributed by atoms with E-state index in [1.807, 2.05) is 0 Å². The maximum Gasteiger partial charge on any atom is 0.0923 e. The summed E-state index contributed by atoms with van der Waals surface area (Å²) in [5.41, 5.74) is 0. The van der Waals surface area contributed by atoms with E-state index in [-0.39, 0.29) is 6.67 Å². The van der Waals surface area contributed by atoms with Gasteiger partial charge in [0.25, 0.3) is 0 Å². The molecular formula is C7H14FN. The van der Waals surface area contributed by atoms with Crippen LogP contribution < -0.4 is 0 Å². The second kappa shape index (κ2) is 3.16. The minimum atomic E-state index is -0.117. The molecule has 0 amide bonds. The number of hydrogen-bond acceptors (Lipinski definition) is 1. The molecule has 0 bridgehead atoms. The molecule has 0 spiro atoms. The average molecular weight is 131 g/mol. The molecule has 1 fully saturated rings. The van der Waals surface area contributed by atoms with Crippen molar-refractivity contribution in [1.82, 2.24) is 4.90 Å². The van der Waals surface area contributed by atoms with Gasteiger partial charge in [-0.25, -0.2) is 0 Å². The van der Waals surface area contributed by atoms with Gasteiger partial charge in [0.15, 0.2) is 0 Å². The van der Waals surface area contributed by atoms with E-state index in [4.69, 9.17) is 0 Å². The Balaban J connectivity index is 2.18. The fourth-order valence-electron chi connectivity index (χ4n) is 1.22. The largest absolute Gasteiger partial charge is 0.306 e. The third-order valence-electron chi connectivity index (χ3n) is 2.06. The highest BCUT2D eigenvalue weighted by Crippen LogP contribution is 2.15. The predicted molar refractivity (Wildman–Crippen MR) is 36.2 cm³/mol. The van der Waals surface area contributed by atoms with E-state index in [0.29, 0.717) is 5.92 Å². The standard InChI is InChI=1S/C7H14FN/c1-9-4-2-7(6-8)3-5-9/h7H,2-6H2,1H3. The summed E-state index contributed by atoms with van der Waals surface area (Å²) in [5.74, 6) is 0.362. The first-order valence-electron chi connectivity index (χ1n) is 3.57. The molecule has 1 saturated heterocycles. The highest BCUT2D eigenvalue weighted by molar-refractivity contribution is 4.68. The number of rotatable bonds is 1. The highest BCUT2D eigenvalue weighted by Gasteiger charge is 2.15. The van der Waals surface area contributed by atoms with Gasteiger partial charge >= 0.3 is 0 Å². The van der Waals surface area contributed by atoms with Crippen LogP contribution in [0.25, 0.3) is 0 Å². The van der Waals surface area contributed by atoms with E-state index in [9.17, 15) is 4.39 Å². The summed E-state index contributed by atoms with van der Waals surface area (Å²) in [6.07, 6.45) is 2.10. The predicted octanol–water partition coefficient (Wildman–Crippen LogP) is 1.30. The minimum absolute atomic E-state index is 0.117. The van der Waals surface area contributed by atoms with Gasteiger partial charge in [-0.2, -0.15) is 0 Å². The zero-order chi connectivity index (χ0) is 6.69. The first-order chi connectivity index (χ1) is 4.33. The highest BCUT2D eigenvalue weighted by atomic mass is 19.1. The number of hydrogen-bond donors (Lipinski definition) is 0. The third kappa shape index (κ3) is 1.94. The van der Waals surface area contributed by atoms with E-state index in [1.165, 1.54) is 0 Å². The van der Waals surface area contributed by atoms with Crippen LogP contribution in [0.3, 0.4) is 0 Å². The van der Waals surface area contributed by atoms with Crippen LogP contribution in [0.4, 0.5) is 4.39 Å². The summed E-state index contributed by atoms with van der Waals surface area (Å²) in [4.78, 5) is 2.26. The molecule has 0 N–H and O–H groups in total. The monoisotopic (exact) mass is 131 g/mol. The van der Waals surface area contributed by atoms with Crippen molar-refractivity contribution in [1.29, 1.82) is 0 Å². The maximum atomic E-state index is 12.0. The molecule has 1 aliphatic rings. The second-order valence-corrected chi connectivity index (χ2v) is 2.90. The summed E-state index contributed by atoms with van der Waals surface area (Å²) in [6, 6.07) is 0. The fraction of sp³-hybridized carbons (Fsp3) is 1.00. The Kier molecular flexibility index (Phi) is 2.46. The van der Waals surface area contributed by atoms with Crippen LogP contribution in [0.1, 0.15) is 12.8 Å². The van der Waals surface area contributed by atoms with Crippen LogP contribution in [0.2, 0.25) is 0 Å². The van der Waals surface area contributed by atoms with Crippen molar-refractivity contribution < 1.29 is 4.39 Å². The van der Waals surface area contributed by atoms with Crippen molar-refractivity contribution in [3.8, 4) is 0 Å². The topological polar surface area (TPSA) is 3.24 Å². The molecule has 1 heterocycles. The quantitative estimate of drug-likeness (QED) is 0.518. The summed E-state index contributed by atoms with van der Waals surface area (Å²) >= 11 is 0. The zero-order valence-electron chi connectivity index (χ0n) is 5.94. The molecule has 1 rings (SSSR count). The van der Waals surface area contributed by atoms with Gasteiger partial charge in [0.1, 0.15) is 0 Å². The second-order valence-electron chi connectivity index (χ2n) is 2.90. The SMILES string of the molecule is CN1CCC(CF)CC1. The number of piperidine rings is 1. The molecule has 0 aliphatic carbocycles. The Bertz CT molecular complexity index is 77.0. The van der Waals surface area contributed by atoms with Crippen LogP contribution >= 0.6 is 0 Å². The fourth-order valence-corrected chi connectivity index (χ4v) is 1.22. The first-order valence-corrected chi connectivity index (χ1v) is 3.57. The van der Waals surface area contributed by atoms with Crippen LogP contribution in [-0.2, 0) is 0 Å². The lowest BCUT2D eigenvalue weighted by molar-refractivity contribution is 0.193. The number of likely N-dealkylation sites (tertiary alicyclic amines) is 1. The minimum Gasteiger partial charge on any atom is -0.306 e. The summed E-state index contributed by atoms with van der Waals surface area (Å²) in [6.45, 7) is 2.04. The molecule has 0 aromatic carbocycles. The van der Waals surface area contributed by atoms with Gasteiger partial charge < -0.3 is 4.90 Å². The van der Waals surface area contributed by atoms with Crippen LogP contribution in [0.5, 0.6) is 0 Å².